The van der Waals surface area contributed by atoms with Gasteiger partial charge in [-0.2, -0.15) is 0 Å². The predicted octanol–water partition coefficient (Wildman–Crippen LogP) is 2.84. The van der Waals surface area contributed by atoms with Crippen LogP contribution in [0.3, 0.4) is 0 Å². The minimum Gasteiger partial charge on any atom is -0.454 e. The number of nitrogens with one attached hydrogen (secondary N) is 1. The molecule has 1 aromatic carbocycles. The number of likely N-dealkylation sites (tertiary alicyclic amines) is 1. The van der Waals surface area contributed by atoms with Crippen molar-refractivity contribution < 1.29 is 23.9 Å². The van der Waals surface area contributed by atoms with Gasteiger partial charge in [0, 0.05) is 37.1 Å². The van der Waals surface area contributed by atoms with Crippen molar-refractivity contribution >= 4 is 34.2 Å². The summed E-state index contributed by atoms with van der Waals surface area (Å²) in [5, 5.41) is 4.69. The Balaban J connectivity index is 1.39. The molecule has 3 amide bonds. The van der Waals surface area contributed by atoms with Crippen molar-refractivity contribution in [3.63, 3.8) is 0 Å². The Morgan fingerprint density at radius 1 is 1.22 bits per heavy atom. The van der Waals surface area contributed by atoms with E-state index < -0.39 is 0 Å². The second kappa shape index (κ2) is 9.56. The molecule has 0 spiro atoms. The maximum absolute atomic E-state index is 13.0. The van der Waals surface area contributed by atoms with Crippen LogP contribution in [0.1, 0.15) is 47.5 Å². The number of nitrogens with zero attached hydrogens (tertiary/aromatic N) is 3. The van der Waals surface area contributed by atoms with Crippen molar-refractivity contribution in [1.29, 1.82) is 0 Å². The van der Waals surface area contributed by atoms with E-state index in [1.807, 2.05) is 18.7 Å². The molecule has 2 aliphatic heterocycles. The van der Waals surface area contributed by atoms with Gasteiger partial charge in [-0.25, -0.2) is 4.98 Å². The van der Waals surface area contributed by atoms with E-state index in [9.17, 15) is 14.4 Å². The van der Waals surface area contributed by atoms with Crippen LogP contribution in [0.5, 0.6) is 11.5 Å². The molecule has 0 radical (unpaired) electrons. The van der Waals surface area contributed by atoms with Crippen LogP contribution in [0, 0.1) is 5.92 Å². The van der Waals surface area contributed by atoms with E-state index >= 15 is 0 Å². The zero-order valence-electron chi connectivity index (χ0n) is 18.1. The summed E-state index contributed by atoms with van der Waals surface area (Å²) in [4.78, 5) is 46.0. The smallest absolute Gasteiger partial charge is 0.273 e. The molecule has 10 heteroatoms. The molecule has 2 aromatic rings. The Hall–Kier alpha value is -3.14. The minimum atomic E-state index is -0.348. The molecule has 1 N–H and O–H groups in total. The number of hydrogen-bond acceptors (Lipinski definition) is 7. The topological polar surface area (TPSA) is 101 Å². The first-order valence-corrected chi connectivity index (χ1v) is 11.6. The van der Waals surface area contributed by atoms with Crippen molar-refractivity contribution in [1.82, 2.24) is 14.8 Å². The maximum Gasteiger partial charge on any atom is 0.273 e. The van der Waals surface area contributed by atoms with E-state index in [4.69, 9.17) is 9.47 Å². The number of rotatable bonds is 6. The van der Waals surface area contributed by atoms with E-state index in [2.05, 4.69) is 10.3 Å². The Morgan fingerprint density at radius 3 is 2.78 bits per heavy atom. The molecular formula is C22H26N4O5S. The number of benzene rings is 1. The summed E-state index contributed by atoms with van der Waals surface area (Å²) in [7, 11) is 0. The van der Waals surface area contributed by atoms with Gasteiger partial charge in [-0.05, 0) is 44.9 Å². The number of hydrogen-bond donors (Lipinski definition) is 1. The highest BCUT2D eigenvalue weighted by Crippen LogP contribution is 2.32. The second-order valence-electron chi connectivity index (χ2n) is 7.66. The largest absolute Gasteiger partial charge is 0.454 e. The van der Waals surface area contributed by atoms with Crippen molar-refractivity contribution in [2.45, 2.75) is 26.7 Å². The summed E-state index contributed by atoms with van der Waals surface area (Å²) in [6.07, 6.45) is 1.56. The second-order valence-corrected chi connectivity index (χ2v) is 8.52. The summed E-state index contributed by atoms with van der Waals surface area (Å²) in [5.41, 5.74) is 0.679. The van der Waals surface area contributed by atoms with Gasteiger partial charge in [0.15, 0.2) is 16.6 Å². The van der Waals surface area contributed by atoms with Crippen LogP contribution in [0.15, 0.2) is 23.6 Å². The number of carbonyl (C=O) groups excluding carboxylic acids is 3. The van der Waals surface area contributed by atoms with Gasteiger partial charge in [-0.1, -0.05) is 0 Å². The molecule has 1 fully saturated rings. The van der Waals surface area contributed by atoms with Gasteiger partial charge in [-0.15, -0.1) is 11.3 Å². The number of piperidine rings is 1. The Bertz CT molecular complexity index is 1020. The average molecular weight is 459 g/mol. The zero-order chi connectivity index (χ0) is 22.7. The van der Waals surface area contributed by atoms with Crippen LogP contribution < -0.4 is 14.8 Å². The fourth-order valence-corrected chi connectivity index (χ4v) is 4.63. The molecule has 9 nitrogen and oxygen atoms in total. The van der Waals surface area contributed by atoms with Crippen molar-refractivity contribution in [2.75, 3.05) is 38.3 Å². The zero-order valence-corrected chi connectivity index (χ0v) is 18.9. The van der Waals surface area contributed by atoms with Gasteiger partial charge < -0.3 is 19.3 Å². The number of carbonyl (C=O) groups is 3. The van der Waals surface area contributed by atoms with Crippen LogP contribution in [0.4, 0.5) is 5.13 Å². The molecule has 1 aromatic heterocycles. The highest BCUT2D eigenvalue weighted by atomic mass is 32.1. The molecule has 4 rings (SSSR count). The lowest BCUT2D eigenvalue weighted by molar-refractivity contribution is -0.136. The number of anilines is 1. The molecule has 0 unspecified atom stereocenters. The third-order valence-electron chi connectivity index (χ3n) is 5.71. The molecule has 32 heavy (non-hydrogen) atoms. The minimum absolute atomic E-state index is 0.0995. The molecule has 0 aliphatic carbocycles. The number of thiazole rings is 1. The number of amides is 3. The monoisotopic (exact) mass is 458 g/mol. The van der Waals surface area contributed by atoms with Crippen molar-refractivity contribution in [3.8, 4) is 11.5 Å². The lowest BCUT2D eigenvalue weighted by Gasteiger charge is -2.34. The van der Waals surface area contributed by atoms with Gasteiger partial charge in [0.1, 0.15) is 5.69 Å². The van der Waals surface area contributed by atoms with E-state index in [0.717, 1.165) is 12.8 Å². The van der Waals surface area contributed by atoms with Crippen LogP contribution in [0.25, 0.3) is 0 Å². The number of fused-ring (bicyclic) bond motifs is 1. The number of ether oxygens (including phenoxy) is 2. The highest BCUT2D eigenvalue weighted by molar-refractivity contribution is 7.14. The van der Waals surface area contributed by atoms with Gasteiger partial charge in [0.05, 0.1) is 5.92 Å². The van der Waals surface area contributed by atoms with Gasteiger partial charge >= 0.3 is 0 Å². The van der Waals surface area contributed by atoms with Gasteiger partial charge in [-0.3, -0.25) is 19.7 Å². The van der Waals surface area contributed by atoms with E-state index in [1.165, 1.54) is 11.3 Å². The summed E-state index contributed by atoms with van der Waals surface area (Å²) in [6, 6.07) is 4.93. The molecule has 1 atom stereocenters. The predicted molar refractivity (Wildman–Crippen MR) is 119 cm³/mol. The van der Waals surface area contributed by atoms with E-state index in [-0.39, 0.29) is 36.1 Å². The third kappa shape index (κ3) is 4.55. The fraction of sp³-hybridized carbons (Fsp3) is 0.455. The Kier molecular flexibility index (Phi) is 6.59. The SMILES string of the molecule is CCN(CC)C(=O)[C@H]1CCCN(C(=O)c2csc(NC(=O)c3ccc4c(c3)OCO4)n2)C1. The molecule has 1 saturated heterocycles. The quantitative estimate of drug-likeness (QED) is 0.714. The van der Waals surface area contributed by atoms with Gasteiger partial charge in [0.2, 0.25) is 12.7 Å². The summed E-state index contributed by atoms with van der Waals surface area (Å²) < 4.78 is 10.6. The molecule has 170 valence electrons. The summed E-state index contributed by atoms with van der Waals surface area (Å²) >= 11 is 1.19. The van der Waals surface area contributed by atoms with Crippen LogP contribution >= 0.6 is 11.3 Å². The Labute approximate surface area is 190 Å². The standard InChI is InChI=1S/C22H26N4O5S/c1-3-25(4-2)20(28)15-6-5-9-26(11-15)21(29)16-12-32-22(23-16)24-19(27)14-7-8-17-18(10-14)31-13-30-17/h7-8,10,12,15H,3-6,9,11,13H2,1-2H3,(H,23,24,27)/t15-/m0/s1. The summed E-state index contributed by atoms with van der Waals surface area (Å²) in [6.45, 7) is 6.37. The number of aromatic nitrogens is 1. The molecule has 3 heterocycles. The van der Waals surface area contributed by atoms with E-state index in [1.54, 1.807) is 28.5 Å². The lowest BCUT2D eigenvalue weighted by Crippen LogP contribution is -2.46. The average Bonchev–Trinajstić information content (AvgIpc) is 3.48. The maximum atomic E-state index is 13.0. The summed E-state index contributed by atoms with van der Waals surface area (Å²) in [5.74, 6) is 0.467. The Morgan fingerprint density at radius 2 is 2.00 bits per heavy atom. The molecular weight excluding hydrogens is 432 g/mol. The first-order chi connectivity index (χ1) is 15.5. The van der Waals surface area contributed by atoms with Crippen molar-refractivity contribution in [2.24, 2.45) is 5.92 Å². The van der Waals surface area contributed by atoms with Gasteiger partial charge in [0.25, 0.3) is 11.8 Å². The normalized spacial score (nSPS) is 17.2. The lowest BCUT2D eigenvalue weighted by atomic mass is 9.96. The van der Waals surface area contributed by atoms with Crippen LogP contribution in [-0.2, 0) is 4.79 Å². The van der Waals surface area contributed by atoms with E-state index in [0.29, 0.717) is 48.4 Å². The first-order valence-electron chi connectivity index (χ1n) is 10.7. The fourth-order valence-electron chi connectivity index (χ4n) is 3.96. The molecule has 2 aliphatic rings. The highest BCUT2D eigenvalue weighted by Gasteiger charge is 2.31. The molecule has 0 bridgehead atoms. The third-order valence-corrected chi connectivity index (χ3v) is 6.47. The van der Waals surface area contributed by atoms with Crippen LogP contribution in [-0.4, -0.2) is 65.5 Å². The molecule has 0 saturated carbocycles. The van der Waals surface area contributed by atoms with Crippen LogP contribution in [0.2, 0.25) is 0 Å². The van der Waals surface area contributed by atoms with Crippen molar-refractivity contribution in [3.05, 3.63) is 34.8 Å². The first kappa shape index (κ1) is 22.1.